The van der Waals surface area contributed by atoms with Crippen LogP contribution in [0.5, 0.6) is 0 Å². The van der Waals surface area contributed by atoms with Crippen LogP contribution in [0.25, 0.3) is 0 Å². The number of ether oxygens (including phenoxy) is 1. The Kier molecular flexibility index (Phi) is 7.88. The zero-order valence-electron chi connectivity index (χ0n) is 18.7. The molecule has 2 aliphatic rings. The van der Waals surface area contributed by atoms with Gasteiger partial charge in [-0.2, -0.15) is 0 Å². The van der Waals surface area contributed by atoms with Crippen LogP contribution in [-0.2, 0) is 14.3 Å². The van der Waals surface area contributed by atoms with Gasteiger partial charge in [0.25, 0.3) is 0 Å². The SMILES string of the molecule is CCN(CC(=O)N1CCN(CC(=O)NC(C)(C)C)CC1)C1CCOC(C)(C)C1. The predicted molar refractivity (Wildman–Crippen MR) is 111 cm³/mol. The lowest BCUT2D eigenvalue weighted by Gasteiger charge is -2.42. The van der Waals surface area contributed by atoms with Gasteiger partial charge >= 0.3 is 0 Å². The Morgan fingerprint density at radius 3 is 2.36 bits per heavy atom. The molecule has 1 unspecified atom stereocenters. The van der Waals surface area contributed by atoms with Crippen molar-refractivity contribution in [2.75, 3.05) is 52.4 Å². The van der Waals surface area contributed by atoms with Gasteiger partial charge in [0.05, 0.1) is 18.7 Å². The monoisotopic (exact) mass is 396 g/mol. The summed E-state index contributed by atoms with van der Waals surface area (Å²) in [5.41, 5.74) is -0.324. The van der Waals surface area contributed by atoms with Gasteiger partial charge in [-0.15, -0.1) is 0 Å². The summed E-state index contributed by atoms with van der Waals surface area (Å²) in [4.78, 5) is 31.3. The van der Waals surface area contributed by atoms with Crippen LogP contribution in [-0.4, -0.2) is 96.1 Å². The molecule has 0 aromatic heterocycles. The van der Waals surface area contributed by atoms with Crippen LogP contribution in [0.2, 0.25) is 0 Å². The molecule has 162 valence electrons. The lowest BCUT2D eigenvalue weighted by molar-refractivity contribution is -0.137. The van der Waals surface area contributed by atoms with Crippen LogP contribution in [0.1, 0.15) is 54.4 Å². The summed E-state index contributed by atoms with van der Waals surface area (Å²) >= 11 is 0. The van der Waals surface area contributed by atoms with E-state index in [9.17, 15) is 9.59 Å². The quantitative estimate of drug-likeness (QED) is 0.734. The van der Waals surface area contributed by atoms with Gasteiger partial charge in [-0.25, -0.2) is 0 Å². The molecule has 2 amide bonds. The Labute approximate surface area is 170 Å². The maximum absolute atomic E-state index is 12.8. The van der Waals surface area contributed by atoms with Gasteiger partial charge in [-0.1, -0.05) is 6.92 Å². The van der Waals surface area contributed by atoms with Crippen molar-refractivity contribution in [1.82, 2.24) is 20.0 Å². The zero-order valence-corrected chi connectivity index (χ0v) is 18.7. The lowest BCUT2D eigenvalue weighted by Crippen LogP contribution is -2.55. The first kappa shape index (κ1) is 23.1. The molecule has 2 rings (SSSR count). The Balaban J connectivity index is 1.78. The minimum absolute atomic E-state index is 0.0477. The second kappa shape index (κ2) is 9.55. The molecule has 2 aliphatic heterocycles. The molecule has 28 heavy (non-hydrogen) atoms. The molecule has 1 atom stereocenters. The number of nitrogens with zero attached hydrogens (tertiary/aromatic N) is 3. The van der Waals surface area contributed by atoms with Crippen molar-refractivity contribution in [2.45, 2.75) is 71.6 Å². The molecule has 7 heteroatoms. The molecule has 0 bridgehead atoms. The molecule has 0 aliphatic carbocycles. The maximum Gasteiger partial charge on any atom is 0.236 e. The highest BCUT2D eigenvalue weighted by molar-refractivity contribution is 5.79. The molecule has 2 saturated heterocycles. The van der Waals surface area contributed by atoms with E-state index in [-0.39, 0.29) is 23.0 Å². The van der Waals surface area contributed by atoms with Crippen molar-refractivity contribution < 1.29 is 14.3 Å². The summed E-state index contributed by atoms with van der Waals surface area (Å²) in [7, 11) is 0. The topological polar surface area (TPSA) is 65.1 Å². The number of nitrogens with one attached hydrogen (secondary N) is 1. The van der Waals surface area contributed by atoms with E-state index in [2.05, 4.69) is 35.9 Å². The number of hydrogen-bond donors (Lipinski definition) is 1. The fourth-order valence-corrected chi connectivity index (χ4v) is 4.10. The van der Waals surface area contributed by atoms with E-state index in [4.69, 9.17) is 4.74 Å². The summed E-state index contributed by atoms with van der Waals surface area (Å²) in [6, 6.07) is 0.403. The third kappa shape index (κ3) is 7.33. The molecule has 1 N–H and O–H groups in total. The van der Waals surface area contributed by atoms with E-state index in [0.29, 0.717) is 32.2 Å². The van der Waals surface area contributed by atoms with E-state index in [1.807, 2.05) is 25.7 Å². The molecular weight excluding hydrogens is 356 g/mol. The third-order valence-corrected chi connectivity index (χ3v) is 5.54. The van der Waals surface area contributed by atoms with Crippen molar-refractivity contribution >= 4 is 11.8 Å². The highest BCUT2D eigenvalue weighted by Gasteiger charge is 2.33. The van der Waals surface area contributed by atoms with E-state index < -0.39 is 0 Å². The van der Waals surface area contributed by atoms with Crippen molar-refractivity contribution in [3.63, 3.8) is 0 Å². The number of likely N-dealkylation sites (N-methyl/N-ethyl adjacent to an activating group) is 1. The Morgan fingerprint density at radius 1 is 1.18 bits per heavy atom. The zero-order chi connectivity index (χ0) is 20.9. The highest BCUT2D eigenvalue weighted by Crippen LogP contribution is 2.27. The molecule has 0 aromatic rings. The normalized spacial score (nSPS) is 23.7. The first-order valence-electron chi connectivity index (χ1n) is 10.7. The number of carbonyl (C=O) groups excluding carboxylic acids is 2. The standard InChI is InChI=1S/C21H40N4O3/c1-7-24(17-8-13-28-21(5,6)14-17)16-19(27)25-11-9-23(10-12-25)15-18(26)22-20(2,3)4/h17H,7-16H2,1-6H3,(H,22,26). The maximum atomic E-state index is 12.8. The first-order chi connectivity index (χ1) is 13.0. The Hall–Kier alpha value is -1.18. The predicted octanol–water partition coefficient (Wildman–Crippen LogP) is 1.32. The van der Waals surface area contributed by atoms with Crippen LogP contribution in [0, 0.1) is 0 Å². The van der Waals surface area contributed by atoms with E-state index in [0.717, 1.165) is 39.1 Å². The molecule has 0 radical (unpaired) electrons. The minimum atomic E-state index is -0.211. The van der Waals surface area contributed by atoms with Gasteiger partial charge in [-0.3, -0.25) is 19.4 Å². The van der Waals surface area contributed by atoms with Gasteiger partial charge in [0, 0.05) is 44.4 Å². The second-order valence-electron chi connectivity index (χ2n) is 9.77. The Morgan fingerprint density at radius 2 is 1.82 bits per heavy atom. The fraction of sp³-hybridized carbons (Fsp3) is 0.905. The summed E-state index contributed by atoms with van der Waals surface area (Å²) in [5.74, 6) is 0.247. The van der Waals surface area contributed by atoms with Gasteiger partial charge in [-0.05, 0) is 54.0 Å². The van der Waals surface area contributed by atoms with Crippen LogP contribution >= 0.6 is 0 Å². The summed E-state index contributed by atoms with van der Waals surface area (Å²) in [6.07, 6.45) is 1.95. The molecule has 0 spiro atoms. The average Bonchev–Trinajstić information content (AvgIpc) is 2.57. The molecule has 0 aromatic carbocycles. The van der Waals surface area contributed by atoms with Gasteiger partial charge in [0.1, 0.15) is 0 Å². The number of carbonyl (C=O) groups is 2. The number of piperazine rings is 1. The van der Waals surface area contributed by atoms with Gasteiger partial charge in [0.2, 0.25) is 11.8 Å². The highest BCUT2D eigenvalue weighted by atomic mass is 16.5. The van der Waals surface area contributed by atoms with Crippen molar-refractivity contribution in [3.05, 3.63) is 0 Å². The molecule has 2 fully saturated rings. The summed E-state index contributed by atoms with van der Waals surface area (Å²) in [6.45, 7) is 17.7. The number of rotatable bonds is 6. The van der Waals surface area contributed by atoms with Crippen LogP contribution in [0.4, 0.5) is 0 Å². The minimum Gasteiger partial charge on any atom is -0.375 e. The van der Waals surface area contributed by atoms with Crippen LogP contribution in [0.3, 0.4) is 0 Å². The first-order valence-corrected chi connectivity index (χ1v) is 10.7. The molecule has 7 nitrogen and oxygen atoms in total. The smallest absolute Gasteiger partial charge is 0.236 e. The largest absolute Gasteiger partial charge is 0.375 e. The van der Waals surface area contributed by atoms with Gasteiger partial charge < -0.3 is 15.0 Å². The summed E-state index contributed by atoms with van der Waals surface area (Å²) < 4.78 is 5.82. The van der Waals surface area contributed by atoms with E-state index >= 15 is 0 Å². The van der Waals surface area contributed by atoms with Crippen molar-refractivity contribution in [3.8, 4) is 0 Å². The average molecular weight is 397 g/mol. The van der Waals surface area contributed by atoms with Gasteiger partial charge in [0.15, 0.2) is 0 Å². The molecule has 0 saturated carbocycles. The number of amides is 2. The van der Waals surface area contributed by atoms with Crippen LogP contribution < -0.4 is 5.32 Å². The lowest BCUT2D eigenvalue weighted by atomic mass is 9.93. The van der Waals surface area contributed by atoms with E-state index in [1.54, 1.807) is 0 Å². The van der Waals surface area contributed by atoms with Crippen molar-refractivity contribution in [1.29, 1.82) is 0 Å². The number of hydrogen-bond acceptors (Lipinski definition) is 5. The fourth-order valence-electron chi connectivity index (χ4n) is 4.10. The van der Waals surface area contributed by atoms with Crippen LogP contribution in [0.15, 0.2) is 0 Å². The summed E-state index contributed by atoms with van der Waals surface area (Å²) in [5, 5.41) is 3.00. The van der Waals surface area contributed by atoms with E-state index in [1.165, 1.54) is 0 Å². The molecule has 2 heterocycles. The second-order valence-corrected chi connectivity index (χ2v) is 9.77. The molecular formula is C21H40N4O3. The third-order valence-electron chi connectivity index (χ3n) is 5.54. The van der Waals surface area contributed by atoms with Crippen molar-refractivity contribution in [2.24, 2.45) is 0 Å². The Bertz CT molecular complexity index is 536.